The molecule has 2 heterocycles. The molecule has 8 nitrogen and oxygen atoms in total. The SMILES string of the molecule is CCN1CCN(Cc2ccc(NC(=O)C(=O)Nc3cn[nH]c3C3CC3)cc2)CC1. The van der Waals surface area contributed by atoms with Crippen LogP contribution in [0.15, 0.2) is 30.5 Å². The second kappa shape index (κ2) is 8.75. The van der Waals surface area contributed by atoms with Crippen LogP contribution in [0.1, 0.15) is 36.9 Å². The van der Waals surface area contributed by atoms with Crippen LogP contribution >= 0.6 is 0 Å². The van der Waals surface area contributed by atoms with Gasteiger partial charge in [0.1, 0.15) is 0 Å². The van der Waals surface area contributed by atoms with Crippen molar-refractivity contribution in [1.82, 2.24) is 20.0 Å². The quantitative estimate of drug-likeness (QED) is 0.650. The summed E-state index contributed by atoms with van der Waals surface area (Å²) < 4.78 is 0. The van der Waals surface area contributed by atoms with E-state index in [0.29, 0.717) is 17.3 Å². The summed E-state index contributed by atoms with van der Waals surface area (Å²) in [4.78, 5) is 29.3. The number of nitrogens with zero attached hydrogens (tertiary/aromatic N) is 3. The maximum Gasteiger partial charge on any atom is 0.314 e. The summed E-state index contributed by atoms with van der Waals surface area (Å²) in [6, 6.07) is 7.69. The molecule has 2 fully saturated rings. The molecule has 4 rings (SSSR count). The minimum absolute atomic E-state index is 0.411. The molecule has 3 N–H and O–H groups in total. The van der Waals surface area contributed by atoms with Crippen molar-refractivity contribution >= 4 is 23.2 Å². The van der Waals surface area contributed by atoms with Gasteiger partial charge in [-0.2, -0.15) is 5.10 Å². The van der Waals surface area contributed by atoms with Gasteiger partial charge in [-0.25, -0.2) is 0 Å². The lowest BCUT2D eigenvalue weighted by atomic mass is 10.1. The van der Waals surface area contributed by atoms with Gasteiger partial charge in [0.15, 0.2) is 0 Å². The van der Waals surface area contributed by atoms with E-state index in [9.17, 15) is 9.59 Å². The van der Waals surface area contributed by atoms with Gasteiger partial charge in [-0.3, -0.25) is 19.6 Å². The first-order chi connectivity index (χ1) is 14.1. The Morgan fingerprint density at radius 3 is 2.34 bits per heavy atom. The summed E-state index contributed by atoms with van der Waals surface area (Å²) in [6.45, 7) is 8.57. The maximum absolute atomic E-state index is 12.2. The van der Waals surface area contributed by atoms with Crippen LogP contribution < -0.4 is 10.6 Å². The van der Waals surface area contributed by atoms with Crippen LogP contribution in [0, 0.1) is 0 Å². The predicted octanol–water partition coefficient (Wildman–Crippen LogP) is 2.00. The number of benzene rings is 1. The Kier molecular flexibility index (Phi) is 5.92. The van der Waals surface area contributed by atoms with Crippen molar-refractivity contribution in [1.29, 1.82) is 0 Å². The molecule has 1 aliphatic carbocycles. The van der Waals surface area contributed by atoms with E-state index in [1.165, 1.54) is 5.56 Å². The van der Waals surface area contributed by atoms with E-state index in [-0.39, 0.29) is 0 Å². The highest BCUT2D eigenvalue weighted by atomic mass is 16.2. The van der Waals surface area contributed by atoms with Gasteiger partial charge < -0.3 is 15.5 Å². The second-order valence-electron chi connectivity index (χ2n) is 7.79. The smallest absolute Gasteiger partial charge is 0.314 e. The van der Waals surface area contributed by atoms with Gasteiger partial charge in [0.25, 0.3) is 0 Å². The van der Waals surface area contributed by atoms with E-state index in [1.807, 2.05) is 24.3 Å². The maximum atomic E-state index is 12.2. The molecule has 0 unspecified atom stereocenters. The molecule has 1 aromatic carbocycles. The highest BCUT2D eigenvalue weighted by molar-refractivity contribution is 6.43. The largest absolute Gasteiger partial charge is 0.318 e. The topological polar surface area (TPSA) is 93.4 Å². The van der Waals surface area contributed by atoms with Crippen molar-refractivity contribution < 1.29 is 9.59 Å². The summed E-state index contributed by atoms with van der Waals surface area (Å²) >= 11 is 0. The minimum Gasteiger partial charge on any atom is -0.318 e. The molecule has 2 aliphatic rings. The second-order valence-corrected chi connectivity index (χ2v) is 7.79. The monoisotopic (exact) mass is 396 g/mol. The van der Waals surface area contributed by atoms with Crippen LogP contribution in [0.25, 0.3) is 0 Å². The fraction of sp³-hybridized carbons (Fsp3) is 0.476. The Morgan fingerprint density at radius 1 is 1.03 bits per heavy atom. The summed E-state index contributed by atoms with van der Waals surface area (Å²) in [5.74, 6) is -0.962. The molecule has 8 heteroatoms. The third-order valence-corrected chi connectivity index (χ3v) is 5.64. The summed E-state index contributed by atoms with van der Waals surface area (Å²) in [6.07, 6.45) is 3.71. The van der Waals surface area contributed by atoms with Crippen molar-refractivity contribution in [3.05, 3.63) is 41.7 Å². The van der Waals surface area contributed by atoms with Crippen LogP contribution in [-0.4, -0.2) is 64.5 Å². The van der Waals surface area contributed by atoms with E-state index in [4.69, 9.17) is 0 Å². The Bertz CT molecular complexity index is 850. The molecular formula is C21H28N6O2. The lowest BCUT2D eigenvalue weighted by Gasteiger charge is -2.34. The minimum atomic E-state index is -0.689. The number of carbonyl (C=O) groups excluding carboxylic acids is 2. The molecule has 154 valence electrons. The fourth-order valence-electron chi connectivity index (χ4n) is 3.66. The van der Waals surface area contributed by atoms with Gasteiger partial charge in [-0.1, -0.05) is 19.1 Å². The standard InChI is InChI=1S/C21H28N6O2/c1-2-26-9-11-27(12-10-26)14-15-3-7-17(8-4-15)23-20(28)21(29)24-18-13-22-25-19(18)16-5-6-16/h3-4,7-8,13,16H,2,5-6,9-12,14H2,1H3,(H,22,25)(H,23,28)(H,24,29). The summed E-state index contributed by atoms with van der Waals surface area (Å²) in [5.41, 5.74) is 3.30. The molecule has 1 aliphatic heterocycles. The zero-order valence-corrected chi connectivity index (χ0v) is 16.8. The molecule has 2 amide bonds. The molecule has 2 aromatic rings. The molecular weight excluding hydrogens is 368 g/mol. The third-order valence-electron chi connectivity index (χ3n) is 5.64. The van der Waals surface area contributed by atoms with Gasteiger partial charge in [0.05, 0.1) is 17.6 Å². The zero-order valence-electron chi connectivity index (χ0n) is 16.8. The van der Waals surface area contributed by atoms with Crippen LogP contribution in [-0.2, 0) is 16.1 Å². The van der Waals surface area contributed by atoms with E-state index in [0.717, 1.165) is 57.8 Å². The van der Waals surface area contributed by atoms with E-state index in [1.54, 1.807) is 6.20 Å². The normalized spacial score (nSPS) is 17.8. The Balaban J connectivity index is 1.27. The number of H-pyrrole nitrogens is 1. The first-order valence-electron chi connectivity index (χ1n) is 10.3. The van der Waals surface area contributed by atoms with Crippen molar-refractivity contribution in [3.8, 4) is 0 Å². The number of piperazine rings is 1. The molecule has 0 radical (unpaired) electrons. The molecule has 0 bridgehead atoms. The third kappa shape index (κ3) is 5.02. The molecule has 1 saturated carbocycles. The van der Waals surface area contributed by atoms with Gasteiger partial charge in [0, 0.05) is 44.3 Å². The van der Waals surface area contributed by atoms with Crippen molar-refractivity contribution in [2.24, 2.45) is 0 Å². The number of likely N-dealkylation sites (N-methyl/N-ethyl adjacent to an activating group) is 1. The van der Waals surface area contributed by atoms with Crippen LogP contribution in [0.3, 0.4) is 0 Å². The predicted molar refractivity (Wildman–Crippen MR) is 112 cm³/mol. The number of aromatic nitrogens is 2. The zero-order chi connectivity index (χ0) is 20.2. The molecule has 0 atom stereocenters. The van der Waals surface area contributed by atoms with E-state index >= 15 is 0 Å². The van der Waals surface area contributed by atoms with E-state index in [2.05, 4.69) is 37.6 Å². The van der Waals surface area contributed by atoms with Crippen molar-refractivity contribution in [3.63, 3.8) is 0 Å². The number of aromatic amines is 1. The van der Waals surface area contributed by atoms with Crippen molar-refractivity contribution in [2.75, 3.05) is 43.4 Å². The summed E-state index contributed by atoms with van der Waals surface area (Å²) in [7, 11) is 0. The first-order valence-corrected chi connectivity index (χ1v) is 10.3. The number of carbonyl (C=O) groups is 2. The number of nitrogens with one attached hydrogen (secondary N) is 3. The number of hydrogen-bond acceptors (Lipinski definition) is 5. The molecule has 29 heavy (non-hydrogen) atoms. The van der Waals surface area contributed by atoms with E-state index < -0.39 is 11.8 Å². The number of rotatable bonds is 6. The average Bonchev–Trinajstić information content (AvgIpc) is 3.49. The Hall–Kier alpha value is -2.71. The lowest BCUT2D eigenvalue weighted by molar-refractivity contribution is -0.133. The highest BCUT2D eigenvalue weighted by Crippen LogP contribution is 2.42. The van der Waals surface area contributed by atoms with Crippen LogP contribution in [0.4, 0.5) is 11.4 Å². The number of amides is 2. The molecule has 1 aromatic heterocycles. The highest BCUT2D eigenvalue weighted by Gasteiger charge is 2.29. The van der Waals surface area contributed by atoms with Gasteiger partial charge in [-0.15, -0.1) is 0 Å². The first kappa shape index (κ1) is 19.6. The Labute approximate surface area is 170 Å². The Morgan fingerprint density at radius 2 is 1.69 bits per heavy atom. The number of hydrogen-bond donors (Lipinski definition) is 3. The van der Waals surface area contributed by atoms with Crippen LogP contribution in [0.5, 0.6) is 0 Å². The van der Waals surface area contributed by atoms with Gasteiger partial charge in [-0.05, 0) is 37.1 Å². The molecule has 1 saturated heterocycles. The lowest BCUT2D eigenvalue weighted by Crippen LogP contribution is -2.45. The van der Waals surface area contributed by atoms with Crippen molar-refractivity contribution in [2.45, 2.75) is 32.2 Å². The van der Waals surface area contributed by atoms with Gasteiger partial charge in [0.2, 0.25) is 0 Å². The summed E-state index contributed by atoms with van der Waals surface area (Å²) in [5, 5.41) is 12.2. The van der Waals surface area contributed by atoms with Crippen LogP contribution in [0.2, 0.25) is 0 Å². The molecule has 0 spiro atoms. The fourth-order valence-corrected chi connectivity index (χ4v) is 3.66. The van der Waals surface area contributed by atoms with Gasteiger partial charge >= 0.3 is 11.8 Å². The number of anilines is 2. The average molecular weight is 396 g/mol.